The van der Waals surface area contributed by atoms with Crippen LogP contribution in [0.3, 0.4) is 0 Å². The number of aryl methyl sites for hydroxylation is 1. The van der Waals surface area contributed by atoms with E-state index in [1.807, 2.05) is 0 Å². The van der Waals surface area contributed by atoms with Crippen LogP contribution in [-0.2, 0) is 0 Å². The molecule has 1 aliphatic heterocycles. The Kier molecular flexibility index (Phi) is 4.60. The number of likely N-dealkylation sites (N-methyl/N-ethyl adjacent to an activating group) is 1. The summed E-state index contributed by atoms with van der Waals surface area (Å²) in [4.78, 5) is 0. The molecule has 1 aromatic rings. The quantitative estimate of drug-likeness (QED) is 0.895. The van der Waals surface area contributed by atoms with Crippen molar-refractivity contribution in [2.45, 2.75) is 38.3 Å². The lowest BCUT2D eigenvalue weighted by Gasteiger charge is -2.32. The van der Waals surface area contributed by atoms with Crippen molar-refractivity contribution in [1.82, 2.24) is 10.6 Å². The molecule has 1 fully saturated rings. The van der Waals surface area contributed by atoms with E-state index in [2.05, 4.69) is 58.7 Å². The Morgan fingerprint density at radius 1 is 1.41 bits per heavy atom. The predicted octanol–water partition coefficient (Wildman–Crippen LogP) is 3.16. The first-order chi connectivity index (χ1) is 8.22. The van der Waals surface area contributed by atoms with Gasteiger partial charge in [0.25, 0.3) is 0 Å². The maximum atomic E-state index is 3.64. The van der Waals surface area contributed by atoms with Gasteiger partial charge in [-0.15, -0.1) is 0 Å². The van der Waals surface area contributed by atoms with E-state index in [-0.39, 0.29) is 0 Å². The average Bonchev–Trinajstić information content (AvgIpc) is 2.36. The molecule has 2 atom stereocenters. The molecule has 0 radical (unpaired) electrons. The van der Waals surface area contributed by atoms with Gasteiger partial charge in [-0.1, -0.05) is 28.4 Å². The molecule has 0 aliphatic carbocycles. The van der Waals surface area contributed by atoms with Crippen molar-refractivity contribution in [3.05, 3.63) is 33.8 Å². The molecule has 2 rings (SSSR count). The van der Waals surface area contributed by atoms with E-state index in [1.165, 1.54) is 30.4 Å². The van der Waals surface area contributed by atoms with Crippen molar-refractivity contribution in [1.29, 1.82) is 0 Å². The molecule has 0 bridgehead atoms. The smallest absolute Gasteiger partial charge is 0.0476 e. The largest absolute Gasteiger partial charge is 0.312 e. The highest BCUT2D eigenvalue weighted by atomic mass is 79.9. The number of hydrogen-bond donors (Lipinski definition) is 2. The summed E-state index contributed by atoms with van der Waals surface area (Å²) in [6.45, 7) is 3.34. The molecule has 0 saturated carbocycles. The molecule has 1 heterocycles. The third kappa shape index (κ3) is 3.09. The predicted molar refractivity (Wildman–Crippen MR) is 76.3 cm³/mol. The first-order valence-corrected chi connectivity index (χ1v) is 7.18. The molecule has 0 spiro atoms. The van der Waals surface area contributed by atoms with Gasteiger partial charge in [0.2, 0.25) is 0 Å². The summed E-state index contributed by atoms with van der Waals surface area (Å²) < 4.78 is 1.16. The van der Waals surface area contributed by atoms with Gasteiger partial charge in [-0.2, -0.15) is 0 Å². The lowest BCUT2D eigenvalue weighted by molar-refractivity contribution is 0.326. The maximum absolute atomic E-state index is 3.64. The molecule has 0 aromatic heterocycles. The van der Waals surface area contributed by atoms with Crippen LogP contribution in [0.4, 0.5) is 0 Å². The van der Waals surface area contributed by atoms with Crippen LogP contribution in [0, 0.1) is 6.92 Å². The standard InChI is InChI=1S/C14H21BrN2/c1-10-6-7-11(15)9-12(10)14(16-2)13-5-3-4-8-17-13/h6-7,9,13-14,16-17H,3-5,8H2,1-2H3. The lowest BCUT2D eigenvalue weighted by Crippen LogP contribution is -2.43. The summed E-state index contributed by atoms with van der Waals surface area (Å²) >= 11 is 3.57. The normalized spacial score (nSPS) is 22.4. The van der Waals surface area contributed by atoms with Gasteiger partial charge in [-0.05, 0) is 56.6 Å². The Morgan fingerprint density at radius 2 is 2.24 bits per heavy atom. The second-order valence-corrected chi connectivity index (χ2v) is 5.74. The molecule has 94 valence electrons. The van der Waals surface area contributed by atoms with Crippen molar-refractivity contribution in [3.8, 4) is 0 Å². The molecule has 2 N–H and O–H groups in total. The number of halogens is 1. The number of benzene rings is 1. The average molecular weight is 297 g/mol. The number of piperidine rings is 1. The Morgan fingerprint density at radius 3 is 2.88 bits per heavy atom. The minimum absolute atomic E-state index is 0.410. The first-order valence-electron chi connectivity index (χ1n) is 6.39. The molecule has 1 aromatic carbocycles. The van der Waals surface area contributed by atoms with Crippen LogP contribution in [-0.4, -0.2) is 19.6 Å². The molecule has 2 nitrogen and oxygen atoms in total. The van der Waals surface area contributed by atoms with Gasteiger partial charge in [0, 0.05) is 16.6 Å². The molecule has 3 heteroatoms. The summed E-state index contributed by atoms with van der Waals surface area (Å²) in [6.07, 6.45) is 3.91. The van der Waals surface area contributed by atoms with Crippen LogP contribution in [0.2, 0.25) is 0 Å². The van der Waals surface area contributed by atoms with Crippen LogP contribution < -0.4 is 10.6 Å². The minimum atomic E-state index is 0.410. The highest BCUT2D eigenvalue weighted by molar-refractivity contribution is 9.10. The third-order valence-electron chi connectivity index (χ3n) is 3.64. The van der Waals surface area contributed by atoms with Crippen LogP contribution >= 0.6 is 15.9 Å². The first kappa shape index (κ1) is 13.1. The van der Waals surface area contributed by atoms with E-state index in [0.717, 1.165) is 11.0 Å². The molecular formula is C14H21BrN2. The molecular weight excluding hydrogens is 276 g/mol. The van der Waals surface area contributed by atoms with E-state index in [1.54, 1.807) is 0 Å². The minimum Gasteiger partial charge on any atom is -0.312 e. The van der Waals surface area contributed by atoms with Crippen molar-refractivity contribution in [2.75, 3.05) is 13.6 Å². The van der Waals surface area contributed by atoms with Gasteiger partial charge in [0.1, 0.15) is 0 Å². The highest BCUT2D eigenvalue weighted by Crippen LogP contribution is 2.27. The fourth-order valence-electron chi connectivity index (χ4n) is 2.68. The lowest BCUT2D eigenvalue weighted by atomic mass is 9.90. The van der Waals surface area contributed by atoms with Gasteiger partial charge in [0.15, 0.2) is 0 Å². The zero-order valence-corrected chi connectivity index (χ0v) is 12.2. The number of hydrogen-bond acceptors (Lipinski definition) is 2. The van der Waals surface area contributed by atoms with Crippen molar-refractivity contribution >= 4 is 15.9 Å². The van der Waals surface area contributed by atoms with Crippen LogP contribution in [0.1, 0.15) is 36.4 Å². The van der Waals surface area contributed by atoms with E-state index >= 15 is 0 Å². The molecule has 1 saturated heterocycles. The maximum Gasteiger partial charge on any atom is 0.0476 e. The Hall–Kier alpha value is -0.380. The number of nitrogens with one attached hydrogen (secondary N) is 2. The van der Waals surface area contributed by atoms with Gasteiger partial charge >= 0.3 is 0 Å². The second kappa shape index (κ2) is 5.98. The highest BCUT2D eigenvalue weighted by Gasteiger charge is 2.24. The topological polar surface area (TPSA) is 24.1 Å². The van der Waals surface area contributed by atoms with E-state index in [9.17, 15) is 0 Å². The molecule has 2 unspecified atom stereocenters. The summed E-state index contributed by atoms with van der Waals surface area (Å²) in [5, 5.41) is 7.11. The molecule has 1 aliphatic rings. The molecule has 0 amide bonds. The van der Waals surface area contributed by atoms with E-state index < -0.39 is 0 Å². The molecule has 17 heavy (non-hydrogen) atoms. The van der Waals surface area contributed by atoms with Gasteiger partial charge in [-0.3, -0.25) is 0 Å². The monoisotopic (exact) mass is 296 g/mol. The summed E-state index contributed by atoms with van der Waals surface area (Å²) in [5.41, 5.74) is 2.76. The van der Waals surface area contributed by atoms with Crippen LogP contribution in [0.5, 0.6) is 0 Å². The summed E-state index contributed by atoms with van der Waals surface area (Å²) in [7, 11) is 2.06. The van der Waals surface area contributed by atoms with Gasteiger partial charge < -0.3 is 10.6 Å². The zero-order chi connectivity index (χ0) is 12.3. The van der Waals surface area contributed by atoms with Crippen molar-refractivity contribution in [3.63, 3.8) is 0 Å². The van der Waals surface area contributed by atoms with Crippen LogP contribution in [0.15, 0.2) is 22.7 Å². The third-order valence-corrected chi connectivity index (χ3v) is 4.13. The van der Waals surface area contributed by atoms with Crippen LogP contribution in [0.25, 0.3) is 0 Å². The Bertz CT molecular complexity index is 372. The van der Waals surface area contributed by atoms with Crippen molar-refractivity contribution in [2.24, 2.45) is 0 Å². The van der Waals surface area contributed by atoms with Gasteiger partial charge in [-0.25, -0.2) is 0 Å². The second-order valence-electron chi connectivity index (χ2n) is 4.82. The fraction of sp³-hybridized carbons (Fsp3) is 0.571. The summed E-state index contributed by atoms with van der Waals surface area (Å²) in [5.74, 6) is 0. The zero-order valence-electron chi connectivity index (χ0n) is 10.6. The summed E-state index contributed by atoms with van der Waals surface area (Å²) in [6, 6.07) is 7.51. The van der Waals surface area contributed by atoms with E-state index in [0.29, 0.717) is 12.1 Å². The SMILES string of the molecule is CNC(c1cc(Br)ccc1C)C1CCCCN1. The Balaban J connectivity index is 2.24. The Labute approximate surface area is 112 Å². The van der Waals surface area contributed by atoms with Gasteiger partial charge in [0.05, 0.1) is 0 Å². The fourth-order valence-corrected chi connectivity index (χ4v) is 3.06. The van der Waals surface area contributed by atoms with E-state index in [4.69, 9.17) is 0 Å². The van der Waals surface area contributed by atoms with Crippen molar-refractivity contribution < 1.29 is 0 Å². The number of rotatable bonds is 3.